The van der Waals surface area contributed by atoms with Gasteiger partial charge in [-0.15, -0.1) is 0 Å². The van der Waals surface area contributed by atoms with Gasteiger partial charge < -0.3 is 11.1 Å². The second kappa shape index (κ2) is 5.79. The SMILES string of the molecule is CC(NC(=O)c1cncc(N)n1)c1cccc(Br)c1. The summed E-state index contributed by atoms with van der Waals surface area (Å²) in [5.74, 6) is -0.0740. The number of nitrogens with two attached hydrogens (primary N) is 1. The van der Waals surface area contributed by atoms with E-state index in [1.165, 1.54) is 12.4 Å². The maximum absolute atomic E-state index is 12.0. The van der Waals surface area contributed by atoms with Crippen LogP contribution in [-0.2, 0) is 0 Å². The van der Waals surface area contributed by atoms with Gasteiger partial charge in [0.15, 0.2) is 0 Å². The highest BCUT2D eigenvalue weighted by Crippen LogP contribution is 2.18. The van der Waals surface area contributed by atoms with E-state index in [4.69, 9.17) is 5.73 Å². The van der Waals surface area contributed by atoms with Crippen molar-refractivity contribution in [3.63, 3.8) is 0 Å². The van der Waals surface area contributed by atoms with Gasteiger partial charge in [0.25, 0.3) is 5.91 Å². The van der Waals surface area contributed by atoms with Crippen molar-refractivity contribution in [2.75, 3.05) is 5.73 Å². The zero-order chi connectivity index (χ0) is 13.8. The third-order valence-corrected chi connectivity index (χ3v) is 3.08. The molecule has 0 bridgehead atoms. The van der Waals surface area contributed by atoms with Crippen molar-refractivity contribution in [2.24, 2.45) is 0 Å². The summed E-state index contributed by atoms with van der Waals surface area (Å²) in [6.45, 7) is 1.90. The molecule has 0 saturated carbocycles. The van der Waals surface area contributed by atoms with Crippen LogP contribution < -0.4 is 11.1 Å². The highest BCUT2D eigenvalue weighted by Gasteiger charge is 2.13. The summed E-state index contributed by atoms with van der Waals surface area (Å²) in [5.41, 5.74) is 6.71. The first kappa shape index (κ1) is 13.5. The lowest BCUT2D eigenvalue weighted by Crippen LogP contribution is -2.27. The summed E-state index contributed by atoms with van der Waals surface area (Å²) in [5, 5.41) is 2.85. The van der Waals surface area contributed by atoms with E-state index >= 15 is 0 Å². The Bertz CT molecular complexity index is 603. The van der Waals surface area contributed by atoms with E-state index in [1.807, 2.05) is 31.2 Å². The summed E-state index contributed by atoms with van der Waals surface area (Å²) in [6.07, 6.45) is 2.79. The van der Waals surface area contributed by atoms with Crippen LogP contribution in [0.3, 0.4) is 0 Å². The van der Waals surface area contributed by atoms with Gasteiger partial charge in [-0.3, -0.25) is 9.78 Å². The van der Waals surface area contributed by atoms with Crippen LogP contribution in [0.25, 0.3) is 0 Å². The third kappa shape index (κ3) is 3.51. The molecule has 5 nitrogen and oxygen atoms in total. The third-order valence-electron chi connectivity index (χ3n) is 2.58. The van der Waals surface area contributed by atoms with Crippen LogP contribution in [0.15, 0.2) is 41.1 Å². The van der Waals surface area contributed by atoms with E-state index in [-0.39, 0.29) is 23.5 Å². The number of amides is 1. The Kier molecular flexibility index (Phi) is 4.11. The average molecular weight is 321 g/mol. The Labute approximate surface area is 119 Å². The molecule has 0 saturated heterocycles. The molecular formula is C13H13BrN4O. The molecule has 2 aromatic rings. The molecule has 1 aromatic carbocycles. The molecular weight excluding hydrogens is 308 g/mol. The van der Waals surface area contributed by atoms with Crippen molar-refractivity contribution in [3.05, 3.63) is 52.4 Å². The van der Waals surface area contributed by atoms with Gasteiger partial charge in [-0.2, -0.15) is 0 Å². The molecule has 0 spiro atoms. The van der Waals surface area contributed by atoms with Crippen LogP contribution in [0.5, 0.6) is 0 Å². The predicted molar refractivity (Wildman–Crippen MR) is 76.5 cm³/mol. The molecule has 1 atom stereocenters. The van der Waals surface area contributed by atoms with E-state index in [0.29, 0.717) is 0 Å². The first-order valence-corrected chi connectivity index (χ1v) is 6.49. The van der Waals surface area contributed by atoms with Crippen molar-refractivity contribution in [1.29, 1.82) is 0 Å². The van der Waals surface area contributed by atoms with Crippen LogP contribution in [0.4, 0.5) is 5.82 Å². The van der Waals surface area contributed by atoms with Crippen LogP contribution in [-0.4, -0.2) is 15.9 Å². The van der Waals surface area contributed by atoms with Crippen molar-refractivity contribution < 1.29 is 4.79 Å². The molecule has 3 N–H and O–H groups in total. The predicted octanol–water partition coefficient (Wildman–Crippen LogP) is 2.31. The summed E-state index contributed by atoms with van der Waals surface area (Å²) >= 11 is 3.40. The summed E-state index contributed by atoms with van der Waals surface area (Å²) in [4.78, 5) is 19.8. The van der Waals surface area contributed by atoms with Gasteiger partial charge in [0.1, 0.15) is 11.5 Å². The lowest BCUT2D eigenvalue weighted by Gasteiger charge is -2.14. The number of carbonyl (C=O) groups is 1. The van der Waals surface area contributed by atoms with E-state index in [9.17, 15) is 4.79 Å². The smallest absolute Gasteiger partial charge is 0.272 e. The molecule has 2 rings (SSSR count). The summed E-state index contributed by atoms with van der Waals surface area (Å²) < 4.78 is 0.967. The Balaban J connectivity index is 2.11. The maximum atomic E-state index is 12.0. The zero-order valence-corrected chi connectivity index (χ0v) is 11.9. The number of hydrogen-bond acceptors (Lipinski definition) is 4. The summed E-state index contributed by atoms with van der Waals surface area (Å²) in [7, 11) is 0. The second-order valence-electron chi connectivity index (χ2n) is 4.08. The topological polar surface area (TPSA) is 80.9 Å². The normalized spacial score (nSPS) is 11.9. The number of nitrogens with zero attached hydrogens (tertiary/aromatic N) is 2. The van der Waals surface area contributed by atoms with Gasteiger partial charge in [-0.05, 0) is 24.6 Å². The Morgan fingerprint density at radius 3 is 2.89 bits per heavy atom. The fraction of sp³-hybridized carbons (Fsp3) is 0.154. The van der Waals surface area contributed by atoms with Crippen molar-refractivity contribution in [3.8, 4) is 0 Å². The minimum absolute atomic E-state index is 0.131. The van der Waals surface area contributed by atoms with E-state index in [0.717, 1.165) is 10.0 Å². The second-order valence-corrected chi connectivity index (χ2v) is 5.00. The molecule has 0 aliphatic carbocycles. The number of nitrogen functional groups attached to an aromatic ring is 1. The molecule has 0 aliphatic rings. The van der Waals surface area contributed by atoms with E-state index in [1.54, 1.807) is 0 Å². The number of rotatable bonds is 3. The lowest BCUT2D eigenvalue weighted by atomic mass is 10.1. The first-order valence-electron chi connectivity index (χ1n) is 5.70. The highest BCUT2D eigenvalue weighted by atomic mass is 79.9. The maximum Gasteiger partial charge on any atom is 0.272 e. The van der Waals surface area contributed by atoms with Crippen LogP contribution in [0.2, 0.25) is 0 Å². The Morgan fingerprint density at radius 1 is 1.42 bits per heavy atom. The zero-order valence-electron chi connectivity index (χ0n) is 10.3. The van der Waals surface area contributed by atoms with Gasteiger partial charge in [-0.1, -0.05) is 28.1 Å². The number of anilines is 1. The molecule has 1 unspecified atom stereocenters. The minimum Gasteiger partial charge on any atom is -0.382 e. The molecule has 1 aromatic heterocycles. The molecule has 98 valence electrons. The number of aromatic nitrogens is 2. The number of carbonyl (C=O) groups excluding carboxylic acids is 1. The Hall–Kier alpha value is -1.95. The standard InChI is InChI=1S/C13H13BrN4O/c1-8(9-3-2-4-10(14)5-9)17-13(19)11-6-16-7-12(15)18-11/h2-8H,1H3,(H2,15,18)(H,17,19). The van der Waals surface area contributed by atoms with Gasteiger partial charge in [0.05, 0.1) is 18.4 Å². The lowest BCUT2D eigenvalue weighted by molar-refractivity contribution is 0.0934. The van der Waals surface area contributed by atoms with Gasteiger partial charge in [-0.25, -0.2) is 4.98 Å². The number of nitrogens with one attached hydrogen (secondary N) is 1. The number of halogens is 1. The summed E-state index contributed by atoms with van der Waals surface area (Å²) in [6, 6.07) is 7.62. The van der Waals surface area contributed by atoms with Crippen molar-refractivity contribution >= 4 is 27.7 Å². The van der Waals surface area contributed by atoms with E-state index < -0.39 is 0 Å². The van der Waals surface area contributed by atoms with Crippen LogP contribution in [0.1, 0.15) is 29.0 Å². The Morgan fingerprint density at radius 2 is 2.21 bits per heavy atom. The van der Waals surface area contributed by atoms with E-state index in [2.05, 4.69) is 31.2 Å². The largest absolute Gasteiger partial charge is 0.382 e. The molecule has 19 heavy (non-hydrogen) atoms. The molecule has 0 fully saturated rings. The first-order chi connectivity index (χ1) is 9.06. The van der Waals surface area contributed by atoms with Crippen LogP contribution >= 0.6 is 15.9 Å². The van der Waals surface area contributed by atoms with Crippen molar-refractivity contribution in [1.82, 2.24) is 15.3 Å². The average Bonchev–Trinajstić information content (AvgIpc) is 2.38. The molecule has 1 heterocycles. The van der Waals surface area contributed by atoms with Gasteiger partial charge >= 0.3 is 0 Å². The monoisotopic (exact) mass is 320 g/mol. The fourth-order valence-corrected chi connectivity index (χ4v) is 2.04. The quantitative estimate of drug-likeness (QED) is 0.909. The molecule has 6 heteroatoms. The molecule has 1 amide bonds. The molecule has 0 aliphatic heterocycles. The molecule has 0 radical (unpaired) electrons. The van der Waals surface area contributed by atoms with Crippen LogP contribution in [0, 0.1) is 0 Å². The fourth-order valence-electron chi connectivity index (χ4n) is 1.62. The minimum atomic E-state index is -0.299. The van der Waals surface area contributed by atoms with Gasteiger partial charge in [0.2, 0.25) is 0 Å². The van der Waals surface area contributed by atoms with Crippen molar-refractivity contribution in [2.45, 2.75) is 13.0 Å². The van der Waals surface area contributed by atoms with Gasteiger partial charge in [0, 0.05) is 4.47 Å². The number of hydrogen-bond donors (Lipinski definition) is 2. The highest BCUT2D eigenvalue weighted by molar-refractivity contribution is 9.10. The number of benzene rings is 1.